The summed E-state index contributed by atoms with van der Waals surface area (Å²) in [4.78, 5) is 0. The van der Waals surface area contributed by atoms with Gasteiger partial charge in [0.05, 0.1) is 0 Å². The van der Waals surface area contributed by atoms with Gasteiger partial charge < -0.3 is 10.5 Å². The molecule has 0 aliphatic heterocycles. The Morgan fingerprint density at radius 2 is 1.76 bits per heavy atom. The number of benzene rings is 3. The fourth-order valence-electron chi connectivity index (χ4n) is 2.58. The number of rotatable bonds is 4. The van der Waals surface area contributed by atoms with E-state index in [1.807, 2.05) is 30.3 Å². The molecule has 3 aromatic carbocycles. The van der Waals surface area contributed by atoms with E-state index in [0.717, 1.165) is 23.3 Å². The highest BCUT2D eigenvalue weighted by Gasteiger charge is 2.05. The van der Waals surface area contributed by atoms with Gasteiger partial charge in [-0.3, -0.25) is 0 Å². The summed E-state index contributed by atoms with van der Waals surface area (Å²) in [5, 5.41) is 2.31. The lowest BCUT2D eigenvalue weighted by molar-refractivity contribution is 0.487. The highest BCUT2D eigenvalue weighted by Crippen LogP contribution is 2.30. The second-order valence-electron chi connectivity index (χ2n) is 5.21. The van der Waals surface area contributed by atoms with Crippen LogP contribution in [0.5, 0.6) is 11.5 Å². The zero-order valence-electron chi connectivity index (χ0n) is 12.2. The normalized spacial score (nSPS) is 10.8. The molecule has 0 fully saturated rings. The Hall–Kier alpha value is -2.32. The molecule has 0 aliphatic rings. The molecule has 3 aromatic rings. The number of hydrogen-bond donors (Lipinski definition) is 1. The molecule has 0 spiro atoms. The van der Waals surface area contributed by atoms with Crippen LogP contribution in [-0.4, -0.2) is 6.54 Å². The van der Waals surface area contributed by atoms with E-state index in [1.165, 1.54) is 16.5 Å². The molecule has 0 unspecified atom stereocenters. The smallest absolute Gasteiger partial charge is 0.135 e. The topological polar surface area (TPSA) is 35.2 Å². The molecule has 0 heterocycles. The maximum Gasteiger partial charge on any atom is 0.135 e. The first-order valence-electron chi connectivity index (χ1n) is 7.23. The van der Waals surface area contributed by atoms with Crippen LogP contribution >= 0.6 is 0 Å². The van der Waals surface area contributed by atoms with Gasteiger partial charge >= 0.3 is 0 Å². The van der Waals surface area contributed by atoms with Crippen LogP contribution in [-0.2, 0) is 6.42 Å². The largest absolute Gasteiger partial charge is 0.457 e. The third-order valence-electron chi connectivity index (χ3n) is 3.71. The predicted octanol–water partition coefficient (Wildman–Crippen LogP) is 4.44. The third kappa shape index (κ3) is 2.91. The van der Waals surface area contributed by atoms with Gasteiger partial charge in [-0.25, -0.2) is 0 Å². The fourth-order valence-corrected chi connectivity index (χ4v) is 2.58. The van der Waals surface area contributed by atoms with E-state index in [9.17, 15) is 0 Å². The number of nitrogens with two attached hydrogens (primary N) is 1. The molecule has 0 radical (unpaired) electrons. The van der Waals surface area contributed by atoms with Crippen molar-refractivity contribution in [3.63, 3.8) is 0 Å². The molecule has 106 valence electrons. The number of fused-ring (bicyclic) bond motifs is 1. The molecule has 0 amide bonds. The highest BCUT2D eigenvalue weighted by atomic mass is 16.5. The van der Waals surface area contributed by atoms with Gasteiger partial charge in [-0.05, 0) is 54.6 Å². The summed E-state index contributed by atoms with van der Waals surface area (Å²) in [6, 6.07) is 20.6. The summed E-state index contributed by atoms with van der Waals surface area (Å²) in [7, 11) is 0. The minimum atomic E-state index is 0.671. The molecule has 2 heteroatoms. The molecule has 0 bridgehead atoms. The Kier molecular flexibility index (Phi) is 3.89. The zero-order valence-corrected chi connectivity index (χ0v) is 12.2. The van der Waals surface area contributed by atoms with Crippen molar-refractivity contribution in [2.75, 3.05) is 6.54 Å². The second-order valence-corrected chi connectivity index (χ2v) is 5.21. The monoisotopic (exact) mass is 277 g/mol. The lowest BCUT2D eigenvalue weighted by Gasteiger charge is -2.11. The molecule has 0 aliphatic carbocycles. The molecule has 2 nitrogen and oxygen atoms in total. The first-order chi connectivity index (χ1) is 10.3. The van der Waals surface area contributed by atoms with E-state index in [1.54, 1.807) is 0 Å². The van der Waals surface area contributed by atoms with Crippen LogP contribution in [0, 0.1) is 6.92 Å². The van der Waals surface area contributed by atoms with Crippen LogP contribution in [0.15, 0.2) is 60.7 Å². The van der Waals surface area contributed by atoms with Gasteiger partial charge in [0.25, 0.3) is 0 Å². The summed E-state index contributed by atoms with van der Waals surface area (Å²) in [5.74, 6) is 1.75. The van der Waals surface area contributed by atoms with Crippen molar-refractivity contribution in [3.8, 4) is 11.5 Å². The highest BCUT2D eigenvalue weighted by molar-refractivity contribution is 5.88. The first-order valence-corrected chi connectivity index (χ1v) is 7.23. The van der Waals surface area contributed by atoms with Crippen molar-refractivity contribution >= 4 is 10.8 Å². The Labute approximate surface area is 125 Å². The van der Waals surface area contributed by atoms with Crippen molar-refractivity contribution in [1.29, 1.82) is 0 Å². The Morgan fingerprint density at radius 3 is 2.57 bits per heavy atom. The zero-order chi connectivity index (χ0) is 14.7. The van der Waals surface area contributed by atoms with E-state index in [0.29, 0.717) is 6.54 Å². The number of aryl methyl sites for hydroxylation is 1. The lowest BCUT2D eigenvalue weighted by Crippen LogP contribution is -2.04. The number of ether oxygens (including phenoxy) is 1. The Morgan fingerprint density at radius 1 is 0.952 bits per heavy atom. The Bertz CT molecular complexity index is 759. The second kappa shape index (κ2) is 5.98. The summed E-state index contributed by atoms with van der Waals surface area (Å²) >= 11 is 0. The predicted molar refractivity (Wildman–Crippen MR) is 88.0 cm³/mol. The van der Waals surface area contributed by atoms with Crippen LogP contribution in [0.1, 0.15) is 11.1 Å². The quantitative estimate of drug-likeness (QED) is 0.765. The minimum Gasteiger partial charge on any atom is -0.457 e. The van der Waals surface area contributed by atoms with E-state index in [2.05, 4.69) is 37.3 Å². The molecule has 3 rings (SSSR count). The number of hydrogen-bond acceptors (Lipinski definition) is 2. The van der Waals surface area contributed by atoms with Gasteiger partial charge in [0.2, 0.25) is 0 Å². The van der Waals surface area contributed by atoms with E-state index in [-0.39, 0.29) is 0 Å². The maximum atomic E-state index is 6.07. The van der Waals surface area contributed by atoms with Gasteiger partial charge in [0.15, 0.2) is 0 Å². The van der Waals surface area contributed by atoms with Gasteiger partial charge in [-0.1, -0.05) is 42.5 Å². The fraction of sp³-hybridized carbons (Fsp3) is 0.158. The molecule has 2 N–H and O–H groups in total. The van der Waals surface area contributed by atoms with Crippen LogP contribution in [0.25, 0.3) is 10.8 Å². The van der Waals surface area contributed by atoms with E-state index < -0.39 is 0 Å². The molecular weight excluding hydrogens is 258 g/mol. The van der Waals surface area contributed by atoms with Crippen LogP contribution in [0.3, 0.4) is 0 Å². The average Bonchev–Trinajstić information content (AvgIpc) is 2.51. The maximum absolute atomic E-state index is 6.07. The van der Waals surface area contributed by atoms with Crippen LogP contribution < -0.4 is 10.5 Å². The minimum absolute atomic E-state index is 0.671. The van der Waals surface area contributed by atoms with Gasteiger partial charge in [0.1, 0.15) is 11.5 Å². The first kappa shape index (κ1) is 13.7. The van der Waals surface area contributed by atoms with E-state index in [4.69, 9.17) is 10.5 Å². The van der Waals surface area contributed by atoms with Crippen LogP contribution in [0.2, 0.25) is 0 Å². The van der Waals surface area contributed by atoms with Gasteiger partial charge in [-0.15, -0.1) is 0 Å². The van der Waals surface area contributed by atoms with Gasteiger partial charge in [-0.2, -0.15) is 0 Å². The van der Waals surface area contributed by atoms with Crippen molar-refractivity contribution in [3.05, 3.63) is 71.8 Å². The summed E-state index contributed by atoms with van der Waals surface area (Å²) in [6.45, 7) is 2.77. The van der Waals surface area contributed by atoms with Crippen molar-refractivity contribution in [2.24, 2.45) is 5.73 Å². The Balaban J connectivity index is 1.93. The van der Waals surface area contributed by atoms with Crippen molar-refractivity contribution in [1.82, 2.24) is 0 Å². The van der Waals surface area contributed by atoms with Gasteiger partial charge in [0, 0.05) is 5.39 Å². The summed E-state index contributed by atoms with van der Waals surface area (Å²) in [5.41, 5.74) is 8.12. The SMILES string of the molecule is Cc1cc(Oc2cccc3ccccc23)ccc1CCN. The van der Waals surface area contributed by atoms with Crippen LogP contribution in [0.4, 0.5) is 0 Å². The molecule has 0 atom stereocenters. The third-order valence-corrected chi connectivity index (χ3v) is 3.71. The van der Waals surface area contributed by atoms with E-state index >= 15 is 0 Å². The standard InChI is InChI=1S/C19H19NO/c1-14-13-17(10-9-15(14)11-12-20)21-19-8-4-6-16-5-2-3-7-18(16)19/h2-10,13H,11-12,20H2,1H3. The molecule has 0 saturated heterocycles. The molecular formula is C19H19NO. The average molecular weight is 277 g/mol. The van der Waals surface area contributed by atoms with Crippen molar-refractivity contribution in [2.45, 2.75) is 13.3 Å². The summed E-state index contributed by atoms with van der Waals surface area (Å²) in [6.07, 6.45) is 0.903. The molecule has 21 heavy (non-hydrogen) atoms. The lowest BCUT2D eigenvalue weighted by atomic mass is 10.1. The molecule has 0 saturated carbocycles. The molecule has 0 aromatic heterocycles. The van der Waals surface area contributed by atoms with Crippen molar-refractivity contribution < 1.29 is 4.74 Å². The summed E-state index contributed by atoms with van der Waals surface area (Å²) < 4.78 is 6.07.